The number of nitrogens with zero attached hydrogens (tertiary/aromatic N) is 6. The summed E-state index contributed by atoms with van der Waals surface area (Å²) in [6.07, 6.45) is 7.09. The van der Waals surface area contributed by atoms with Crippen LogP contribution in [0.25, 0.3) is 11.0 Å². The van der Waals surface area contributed by atoms with Crippen molar-refractivity contribution in [2.75, 3.05) is 80.9 Å². The van der Waals surface area contributed by atoms with Crippen molar-refractivity contribution in [3.05, 3.63) is 135 Å². The van der Waals surface area contributed by atoms with E-state index in [2.05, 4.69) is 43.9 Å². The van der Waals surface area contributed by atoms with Crippen molar-refractivity contribution < 1.29 is 50.7 Å². The topological polar surface area (TPSA) is 214 Å². The molecule has 22 heteroatoms. The van der Waals surface area contributed by atoms with Crippen molar-refractivity contribution in [1.82, 2.24) is 24.5 Å². The van der Waals surface area contributed by atoms with E-state index in [-0.39, 0.29) is 77.2 Å². The summed E-state index contributed by atoms with van der Waals surface area (Å²) in [6, 6.07) is 22.6. The van der Waals surface area contributed by atoms with Gasteiger partial charge in [0.05, 0.1) is 45.8 Å². The highest BCUT2D eigenvalue weighted by atomic mass is 32.2. The number of nitro benzene ring substituents is 1. The first kappa shape index (κ1) is 52.0. The zero-order valence-corrected chi connectivity index (χ0v) is 44.9. The number of halogens is 2. The molecule has 7 aliphatic rings. The zero-order chi connectivity index (χ0) is 55.0. The lowest BCUT2D eigenvalue weighted by atomic mass is 9.59. The largest absolute Gasteiger partial charge is 0.489 e. The predicted molar refractivity (Wildman–Crippen MR) is 292 cm³/mol. The first-order chi connectivity index (χ1) is 38.7. The standard InChI is InChI=1S/C58H61F2N9O10S/c1-34-4-2-3-5-41(34)50-31-66(57(71)37-6-9-43(59)44(60)24-37)19-20-67(50)39-29-58(30-39)14-17-65(18-15-58)38-7-8-42(47(26-38)68-46-13-23-77-33-52(46)79-56-49(68)25-36-10-16-61-54(36)63-56)55(70)64-80(74,75)40-27-48(69(72)73)53-51(28-40)78-32-45(62-53)35-11-21-76-22-12-35/h2-10,16,24-28,35,39,45-46,50,52,62H,11-15,17-23,29-33H2,1H3,(H,61,63)(H,64,70)/t45-,46-,50-,52-/m0/s1. The number of carbonyl (C=O) groups is 2. The number of aromatic nitrogens is 2. The normalized spacial score (nSPS) is 23.2. The number of anilines is 4. The minimum atomic E-state index is -4.74. The molecule has 6 aromatic rings. The van der Waals surface area contributed by atoms with Gasteiger partial charge in [0.1, 0.15) is 24.0 Å². The van der Waals surface area contributed by atoms with E-state index in [0.29, 0.717) is 68.8 Å². The quantitative estimate of drug-likeness (QED) is 0.0868. The molecule has 4 aromatic carbocycles. The summed E-state index contributed by atoms with van der Waals surface area (Å²) in [5.41, 5.74) is 4.59. The number of nitro groups is 1. The van der Waals surface area contributed by atoms with Gasteiger partial charge in [-0.05, 0) is 123 Å². The summed E-state index contributed by atoms with van der Waals surface area (Å²) in [4.78, 5) is 56.7. The second kappa shape index (κ2) is 20.6. The fourth-order valence-corrected chi connectivity index (χ4v) is 14.5. The highest BCUT2D eigenvalue weighted by molar-refractivity contribution is 7.90. The van der Waals surface area contributed by atoms with E-state index < -0.39 is 49.2 Å². The van der Waals surface area contributed by atoms with Gasteiger partial charge in [-0.15, -0.1) is 0 Å². The average molecular weight is 1110 g/mol. The molecule has 4 saturated heterocycles. The summed E-state index contributed by atoms with van der Waals surface area (Å²) in [5, 5.41) is 16.6. The molecule has 19 nitrogen and oxygen atoms in total. The summed E-state index contributed by atoms with van der Waals surface area (Å²) < 4.78 is 83.2. The lowest BCUT2D eigenvalue weighted by Crippen LogP contribution is -2.60. The number of hydrogen-bond acceptors (Lipinski definition) is 15. The molecule has 8 heterocycles. The van der Waals surface area contributed by atoms with E-state index in [9.17, 15) is 36.9 Å². The van der Waals surface area contributed by atoms with Gasteiger partial charge in [0.2, 0.25) is 5.88 Å². The van der Waals surface area contributed by atoms with Crippen LogP contribution in [0.4, 0.5) is 37.2 Å². The van der Waals surface area contributed by atoms with Gasteiger partial charge in [-0.3, -0.25) is 24.6 Å². The third-order valence-corrected chi connectivity index (χ3v) is 19.2. The van der Waals surface area contributed by atoms with Crippen LogP contribution in [0.2, 0.25) is 0 Å². The molecule has 6 aliphatic heterocycles. The van der Waals surface area contributed by atoms with Crippen molar-refractivity contribution in [2.24, 2.45) is 11.3 Å². The minimum Gasteiger partial charge on any atom is -0.489 e. The summed E-state index contributed by atoms with van der Waals surface area (Å²) in [6.45, 7) is 7.00. The fraction of sp³-hybridized carbons (Fsp3) is 0.431. The number of hydrogen-bond donors (Lipinski definition) is 3. The Labute approximate surface area is 460 Å². The molecule has 13 rings (SSSR count). The highest BCUT2D eigenvalue weighted by Crippen LogP contribution is 2.54. The summed E-state index contributed by atoms with van der Waals surface area (Å²) >= 11 is 0. The highest BCUT2D eigenvalue weighted by Gasteiger charge is 2.51. The lowest BCUT2D eigenvalue weighted by molar-refractivity contribution is -0.384. The predicted octanol–water partition coefficient (Wildman–Crippen LogP) is 8.41. The molecule has 2 amide bonds. The SMILES string of the molecule is Cc1ccccc1[C@@H]1CN(C(=O)c2ccc(F)c(F)c2)CCN1C1CC2(CCN(c3ccc(C(=O)NS(=O)(=O)c4cc5c(c([N+](=O)[O-])c4)N[C@H](C4CCOCC4)CO5)c(N4c5cc6cc[nH]c6nc5O[C@H]5COCC[C@@H]54)c3)CC2)C1. The van der Waals surface area contributed by atoms with Gasteiger partial charge in [-0.2, -0.15) is 4.98 Å². The Morgan fingerprint density at radius 3 is 2.46 bits per heavy atom. The smallest absolute Gasteiger partial charge is 0.297 e. The first-order valence-electron chi connectivity index (χ1n) is 27.5. The number of aryl methyl sites for hydroxylation is 1. The average Bonchev–Trinajstić information content (AvgIpc) is 4.04. The Balaban J connectivity index is 0.773. The van der Waals surface area contributed by atoms with Crippen LogP contribution in [0, 0.1) is 40.0 Å². The maximum absolute atomic E-state index is 14.9. The van der Waals surface area contributed by atoms with Crippen LogP contribution < -0.4 is 29.3 Å². The molecular formula is C58H61F2N9O10S. The number of aromatic amines is 1. The van der Waals surface area contributed by atoms with Crippen molar-refractivity contribution in [1.29, 1.82) is 0 Å². The number of fused-ring (bicyclic) bond motifs is 4. The molecule has 80 heavy (non-hydrogen) atoms. The van der Waals surface area contributed by atoms with Gasteiger partial charge in [0, 0.05) is 93.6 Å². The second-order valence-electron chi connectivity index (χ2n) is 22.4. The van der Waals surface area contributed by atoms with E-state index in [0.717, 1.165) is 92.0 Å². The number of piperazine rings is 1. The van der Waals surface area contributed by atoms with Crippen LogP contribution in [-0.4, -0.2) is 135 Å². The molecule has 1 aliphatic carbocycles. The molecule has 4 atom stereocenters. The van der Waals surface area contributed by atoms with Crippen LogP contribution >= 0.6 is 0 Å². The molecule has 1 spiro atoms. The Bertz CT molecular complexity index is 3550. The molecular weight excluding hydrogens is 1050 g/mol. The molecule has 418 valence electrons. The van der Waals surface area contributed by atoms with Gasteiger partial charge in [0.15, 0.2) is 23.1 Å². The number of piperidine rings is 1. The Kier molecular flexibility index (Phi) is 13.4. The van der Waals surface area contributed by atoms with Crippen molar-refractivity contribution in [3.8, 4) is 11.6 Å². The first-order valence-corrected chi connectivity index (χ1v) is 29.0. The molecule has 1 saturated carbocycles. The van der Waals surface area contributed by atoms with Crippen LogP contribution in [0.15, 0.2) is 96.0 Å². The maximum Gasteiger partial charge on any atom is 0.297 e. The van der Waals surface area contributed by atoms with Crippen molar-refractivity contribution in [3.63, 3.8) is 0 Å². The van der Waals surface area contributed by atoms with Gasteiger partial charge in [-0.25, -0.2) is 21.9 Å². The monoisotopic (exact) mass is 1110 g/mol. The number of benzene rings is 4. The van der Waals surface area contributed by atoms with Crippen LogP contribution in [0.5, 0.6) is 11.6 Å². The third kappa shape index (κ3) is 9.51. The van der Waals surface area contributed by atoms with Gasteiger partial charge in [-0.1, -0.05) is 24.3 Å². The number of amides is 2. The van der Waals surface area contributed by atoms with E-state index in [1.807, 2.05) is 41.3 Å². The number of pyridine rings is 1. The number of ether oxygens (including phenoxy) is 4. The molecule has 2 aromatic heterocycles. The number of nitrogens with one attached hydrogen (secondary N) is 3. The zero-order valence-electron chi connectivity index (χ0n) is 44.1. The van der Waals surface area contributed by atoms with Gasteiger partial charge >= 0.3 is 0 Å². The molecule has 0 radical (unpaired) electrons. The number of rotatable bonds is 10. The third-order valence-electron chi connectivity index (χ3n) is 17.9. The Morgan fingerprint density at radius 1 is 0.875 bits per heavy atom. The number of carbonyl (C=O) groups excluding carboxylic acids is 2. The Hall–Kier alpha value is -7.40. The maximum atomic E-state index is 14.9. The van der Waals surface area contributed by atoms with E-state index in [1.165, 1.54) is 12.1 Å². The number of sulfonamides is 1. The van der Waals surface area contributed by atoms with Crippen molar-refractivity contribution in [2.45, 2.75) is 87.0 Å². The van der Waals surface area contributed by atoms with Crippen LogP contribution in [0.1, 0.15) is 82.8 Å². The summed E-state index contributed by atoms with van der Waals surface area (Å²) in [7, 11) is -4.74. The molecule has 0 unspecified atom stereocenters. The van der Waals surface area contributed by atoms with E-state index in [1.54, 1.807) is 17.2 Å². The van der Waals surface area contributed by atoms with E-state index in [4.69, 9.17) is 23.9 Å². The molecule has 5 fully saturated rings. The molecule has 0 bridgehead atoms. The molecule has 3 N–H and O–H groups in total. The number of H-pyrrole nitrogens is 1. The van der Waals surface area contributed by atoms with Gasteiger partial charge < -0.3 is 43.9 Å². The Morgan fingerprint density at radius 2 is 1.68 bits per heavy atom. The van der Waals surface area contributed by atoms with E-state index >= 15 is 0 Å². The second-order valence-corrected chi connectivity index (χ2v) is 24.1. The lowest BCUT2D eigenvalue weighted by Gasteiger charge is -2.58. The van der Waals surface area contributed by atoms with Crippen LogP contribution in [-0.2, 0) is 19.5 Å². The van der Waals surface area contributed by atoms with Gasteiger partial charge in [0.25, 0.3) is 27.5 Å². The summed E-state index contributed by atoms with van der Waals surface area (Å²) in [5.74, 6) is -2.84. The fourth-order valence-electron chi connectivity index (χ4n) is 13.5. The minimum absolute atomic E-state index is 0.00169. The van der Waals surface area contributed by atoms with Crippen LogP contribution in [0.3, 0.4) is 0 Å². The van der Waals surface area contributed by atoms with Crippen molar-refractivity contribution >= 4 is 61.3 Å².